The molecular weight excluding hydrogens is 462 g/mol. The Balaban J connectivity index is 1.58. The zero-order valence-electron chi connectivity index (χ0n) is 19.1. The summed E-state index contributed by atoms with van der Waals surface area (Å²) in [5.41, 5.74) is 14.6. The highest BCUT2D eigenvalue weighted by Gasteiger charge is 2.24. The zero-order valence-corrected chi connectivity index (χ0v) is 19.9. The van der Waals surface area contributed by atoms with Crippen molar-refractivity contribution < 1.29 is 14.7 Å². The van der Waals surface area contributed by atoms with Gasteiger partial charge in [0.25, 0.3) is 5.91 Å². The molecular formula is C26H27N5O3S. The Morgan fingerprint density at radius 1 is 1.11 bits per heavy atom. The fourth-order valence-electron chi connectivity index (χ4n) is 4.84. The molecule has 2 aromatic carbocycles. The van der Waals surface area contributed by atoms with Crippen LogP contribution >= 0.6 is 11.3 Å². The van der Waals surface area contributed by atoms with Crippen LogP contribution in [-0.2, 0) is 6.54 Å². The van der Waals surface area contributed by atoms with Gasteiger partial charge in [-0.3, -0.25) is 10.2 Å². The van der Waals surface area contributed by atoms with Gasteiger partial charge in [-0.25, -0.2) is 4.79 Å². The number of nitrogens with zero attached hydrogens (tertiary/aromatic N) is 1. The van der Waals surface area contributed by atoms with Crippen LogP contribution in [0, 0.1) is 5.41 Å². The maximum absolute atomic E-state index is 13.4. The van der Waals surface area contributed by atoms with Crippen molar-refractivity contribution in [3.05, 3.63) is 70.2 Å². The molecule has 4 aromatic rings. The lowest BCUT2D eigenvalue weighted by Gasteiger charge is -2.27. The topological polar surface area (TPSA) is 147 Å². The van der Waals surface area contributed by atoms with Crippen LogP contribution in [0.1, 0.15) is 57.0 Å². The number of carbonyl (C=O) groups excluding carboxylic acids is 1. The molecule has 9 heteroatoms. The fraction of sp³-hybridized carbons (Fsp3) is 0.269. The van der Waals surface area contributed by atoms with Gasteiger partial charge in [-0.05, 0) is 60.9 Å². The SMILES string of the molecule is N=C(N)c1ccc2cc(C(=O)N[C@H]3CC[C@H](N)CC3)n(Cc3cccc4sc(C(=O)O)cc34)c2c1. The number of aromatic nitrogens is 1. The molecule has 1 aliphatic rings. The van der Waals surface area contributed by atoms with Gasteiger partial charge in [-0.1, -0.05) is 24.3 Å². The number of carbonyl (C=O) groups is 2. The molecule has 1 saturated carbocycles. The summed E-state index contributed by atoms with van der Waals surface area (Å²) < 4.78 is 2.81. The summed E-state index contributed by atoms with van der Waals surface area (Å²) in [5, 5.41) is 22.2. The van der Waals surface area contributed by atoms with Crippen molar-refractivity contribution in [2.45, 2.75) is 44.3 Å². The van der Waals surface area contributed by atoms with E-state index in [1.165, 1.54) is 11.3 Å². The van der Waals surface area contributed by atoms with Gasteiger partial charge in [0.15, 0.2) is 0 Å². The zero-order chi connectivity index (χ0) is 24.7. The third kappa shape index (κ3) is 4.52. The second-order valence-electron chi connectivity index (χ2n) is 9.13. The van der Waals surface area contributed by atoms with E-state index in [1.54, 1.807) is 12.1 Å². The van der Waals surface area contributed by atoms with Crippen LogP contribution in [0.15, 0.2) is 48.5 Å². The smallest absolute Gasteiger partial charge is 0.345 e. The molecule has 8 nitrogen and oxygen atoms in total. The highest BCUT2D eigenvalue weighted by Crippen LogP contribution is 2.31. The Labute approximate surface area is 206 Å². The molecule has 1 amide bonds. The van der Waals surface area contributed by atoms with Crippen LogP contribution in [-0.4, -0.2) is 39.5 Å². The first-order valence-corrected chi connectivity index (χ1v) is 12.4. The molecule has 0 bridgehead atoms. The molecule has 1 aliphatic carbocycles. The van der Waals surface area contributed by atoms with Gasteiger partial charge in [-0.15, -0.1) is 11.3 Å². The first kappa shape index (κ1) is 23.1. The van der Waals surface area contributed by atoms with E-state index >= 15 is 0 Å². The number of rotatable bonds is 6. The van der Waals surface area contributed by atoms with Gasteiger partial charge in [0.2, 0.25) is 0 Å². The average Bonchev–Trinajstić information content (AvgIpc) is 3.43. The van der Waals surface area contributed by atoms with Crippen LogP contribution in [0.4, 0.5) is 0 Å². The normalized spacial score (nSPS) is 18.1. The summed E-state index contributed by atoms with van der Waals surface area (Å²) in [7, 11) is 0. The van der Waals surface area contributed by atoms with Crippen molar-refractivity contribution in [1.29, 1.82) is 5.41 Å². The Morgan fingerprint density at radius 2 is 1.89 bits per heavy atom. The van der Waals surface area contributed by atoms with Crippen molar-refractivity contribution in [1.82, 2.24) is 9.88 Å². The van der Waals surface area contributed by atoms with Crippen molar-refractivity contribution in [3.63, 3.8) is 0 Å². The molecule has 5 rings (SSSR count). The fourth-order valence-corrected chi connectivity index (χ4v) is 5.79. The molecule has 2 heterocycles. The van der Waals surface area contributed by atoms with Gasteiger partial charge in [0.1, 0.15) is 16.4 Å². The molecule has 0 aliphatic heterocycles. The van der Waals surface area contributed by atoms with E-state index in [0.717, 1.165) is 52.2 Å². The quantitative estimate of drug-likeness (QED) is 0.206. The number of carboxylic acids is 1. The number of hydrogen-bond donors (Lipinski definition) is 5. The molecule has 0 unspecified atom stereocenters. The first-order chi connectivity index (χ1) is 16.8. The van der Waals surface area contributed by atoms with Crippen LogP contribution in [0.3, 0.4) is 0 Å². The highest BCUT2D eigenvalue weighted by atomic mass is 32.1. The Kier molecular flexibility index (Phi) is 6.04. The third-order valence-corrected chi connectivity index (χ3v) is 7.83. The molecule has 2 aromatic heterocycles. The van der Waals surface area contributed by atoms with Crippen molar-refractivity contribution in [2.75, 3.05) is 0 Å². The lowest BCUT2D eigenvalue weighted by Crippen LogP contribution is -2.41. The van der Waals surface area contributed by atoms with Gasteiger partial charge in [-0.2, -0.15) is 0 Å². The second kappa shape index (κ2) is 9.16. The summed E-state index contributed by atoms with van der Waals surface area (Å²) in [5.74, 6) is -1.16. The highest BCUT2D eigenvalue weighted by molar-refractivity contribution is 7.20. The summed E-state index contributed by atoms with van der Waals surface area (Å²) in [6, 6.07) is 15.0. The van der Waals surface area contributed by atoms with E-state index < -0.39 is 5.97 Å². The van der Waals surface area contributed by atoms with E-state index in [4.69, 9.17) is 16.9 Å². The molecule has 1 fully saturated rings. The van der Waals surface area contributed by atoms with E-state index in [2.05, 4.69) is 5.32 Å². The Morgan fingerprint density at radius 3 is 2.60 bits per heavy atom. The summed E-state index contributed by atoms with van der Waals surface area (Å²) in [6.07, 6.45) is 3.49. The predicted molar refractivity (Wildman–Crippen MR) is 139 cm³/mol. The average molecular weight is 490 g/mol. The number of nitrogen functional groups attached to an aromatic ring is 1. The summed E-state index contributed by atoms with van der Waals surface area (Å²) >= 11 is 1.23. The molecule has 0 atom stereocenters. The lowest BCUT2D eigenvalue weighted by molar-refractivity contribution is 0.0702. The number of hydrogen-bond acceptors (Lipinski definition) is 5. The van der Waals surface area contributed by atoms with Gasteiger partial charge in [0, 0.05) is 39.8 Å². The van der Waals surface area contributed by atoms with Crippen LogP contribution in [0.5, 0.6) is 0 Å². The Bertz CT molecular complexity index is 1460. The molecule has 7 N–H and O–H groups in total. The molecule has 35 heavy (non-hydrogen) atoms. The van der Waals surface area contributed by atoms with Crippen LogP contribution in [0.25, 0.3) is 21.0 Å². The maximum atomic E-state index is 13.4. The summed E-state index contributed by atoms with van der Waals surface area (Å²) in [4.78, 5) is 25.3. The van der Waals surface area contributed by atoms with Gasteiger partial charge < -0.3 is 26.5 Å². The predicted octanol–water partition coefficient (Wildman–Crippen LogP) is 3.89. The minimum Gasteiger partial charge on any atom is -0.477 e. The Hall–Kier alpha value is -3.69. The van der Waals surface area contributed by atoms with E-state index in [9.17, 15) is 14.7 Å². The number of fused-ring (bicyclic) bond motifs is 2. The number of aromatic carboxylic acids is 1. The largest absolute Gasteiger partial charge is 0.477 e. The molecule has 0 saturated heterocycles. The second-order valence-corrected chi connectivity index (χ2v) is 10.2. The van der Waals surface area contributed by atoms with Gasteiger partial charge in [0.05, 0.1) is 0 Å². The number of benzene rings is 2. The molecule has 0 spiro atoms. The van der Waals surface area contributed by atoms with E-state index in [1.807, 2.05) is 41.0 Å². The minimum absolute atomic E-state index is 0.0461. The third-order valence-electron chi connectivity index (χ3n) is 6.75. The number of carboxylic acid groups (broad SMARTS) is 1. The van der Waals surface area contributed by atoms with Crippen molar-refractivity contribution in [2.24, 2.45) is 11.5 Å². The number of amidine groups is 1. The number of nitrogens with one attached hydrogen (secondary N) is 2. The number of nitrogens with two attached hydrogens (primary N) is 2. The lowest BCUT2D eigenvalue weighted by atomic mass is 9.92. The van der Waals surface area contributed by atoms with Crippen LogP contribution in [0.2, 0.25) is 0 Å². The van der Waals surface area contributed by atoms with Gasteiger partial charge >= 0.3 is 5.97 Å². The standard InChI is InChI=1S/C26H27N5O3S/c27-17-6-8-18(9-7-17)30-25(32)21-10-14-4-5-15(24(28)29)11-20(14)31(21)13-16-2-1-3-22-19(16)12-23(35-22)26(33)34/h1-5,10-12,17-18H,6-9,13,27H2,(H3,28,29)(H,30,32)(H,33,34)/t17-,18-. The summed E-state index contributed by atoms with van der Waals surface area (Å²) in [6.45, 7) is 0.371. The monoisotopic (exact) mass is 489 g/mol. The first-order valence-electron chi connectivity index (χ1n) is 11.6. The maximum Gasteiger partial charge on any atom is 0.345 e. The molecule has 180 valence electrons. The van der Waals surface area contributed by atoms with Crippen molar-refractivity contribution >= 4 is 50.0 Å². The number of amides is 1. The van der Waals surface area contributed by atoms with E-state index in [-0.39, 0.29) is 28.7 Å². The number of thiophene rings is 1. The van der Waals surface area contributed by atoms with E-state index in [0.29, 0.717) is 17.8 Å². The van der Waals surface area contributed by atoms with Crippen LogP contribution < -0.4 is 16.8 Å². The minimum atomic E-state index is -0.957. The molecule has 0 radical (unpaired) electrons. The van der Waals surface area contributed by atoms with Crippen molar-refractivity contribution in [3.8, 4) is 0 Å².